The number of hydrogen-bond donors (Lipinski definition) is 0. The van der Waals surface area contributed by atoms with Crippen molar-refractivity contribution < 1.29 is 16.8 Å². The third-order valence-corrected chi connectivity index (χ3v) is 5.46. The van der Waals surface area contributed by atoms with Gasteiger partial charge in [-0.15, -0.1) is 0 Å². The summed E-state index contributed by atoms with van der Waals surface area (Å²) in [5.74, 6) is -0.157. The van der Waals surface area contributed by atoms with Crippen molar-refractivity contribution in [3.63, 3.8) is 0 Å². The highest BCUT2D eigenvalue weighted by atomic mass is 79.9. The molecule has 0 amide bonds. The maximum atomic E-state index is 11.1. The van der Waals surface area contributed by atoms with E-state index in [1.54, 1.807) is 0 Å². The fourth-order valence-corrected chi connectivity index (χ4v) is 2.82. The van der Waals surface area contributed by atoms with Crippen molar-refractivity contribution in [3.05, 3.63) is 0 Å². The van der Waals surface area contributed by atoms with Crippen LogP contribution in [-0.4, -0.2) is 51.4 Å². The van der Waals surface area contributed by atoms with Crippen LogP contribution in [0.25, 0.3) is 0 Å². The lowest BCUT2D eigenvalue weighted by Crippen LogP contribution is -2.31. The molecular weight excluding hydrogens is 282 g/mol. The summed E-state index contributed by atoms with van der Waals surface area (Å²) in [5.41, 5.74) is 0. The zero-order valence-electron chi connectivity index (χ0n) is 7.40. The molecule has 0 aliphatic carbocycles. The van der Waals surface area contributed by atoms with Crippen molar-refractivity contribution in [1.29, 1.82) is 0 Å². The zero-order valence-corrected chi connectivity index (χ0v) is 10.6. The van der Waals surface area contributed by atoms with Gasteiger partial charge < -0.3 is 0 Å². The monoisotopic (exact) mass is 293 g/mol. The van der Waals surface area contributed by atoms with Crippen LogP contribution in [0, 0.1) is 0 Å². The van der Waals surface area contributed by atoms with E-state index in [0.717, 1.165) is 10.6 Å². The molecule has 0 aromatic carbocycles. The van der Waals surface area contributed by atoms with Gasteiger partial charge >= 0.3 is 0 Å². The Bertz CT molecular complexity index is 347. The Morgan fingerprint density at radius 1 is 1.23 bits per heavy atom. The molecular formula is C5H12BrNO4S2. The third kappa shape index (κ3) is 5.61. The number of alkyl halides is 1. The first kappa shape index (κ1) is 13.3. The van der Waals surface area contributed by atoms with Crippen molar-refractivity contribution in [2.24, 2.45) is 0 Å². The maximum Gasteiger partial charge on any atom is 0.223 e. The molecule has 0 spiro atoms. The maximum absolute atomic E-state index is 11.1. The molecule has 0 aromatic rings. The number of sulfonamides is 1. The van der Waals surface area contributed by atoms with Gasteiger partial charge in [-0.25, -0.2) is 21.1 Å². The summed E-state index contributed by atoms with van der Waals surface area (Å²) in [6, 6.07) is 0. The smallest absolute Gasteiger partial charge is 0.223 e. The van der Waals surface area contributed by atoms with Crippen LogP contribution in [0.15, 0.2) is 0 Å². The van der Waals surface area contributed by atoms with Gasteiger partial charge in [-0.1, -0.05) is 15.9 Å². The highest BCUT2D eigenvalue weighted by Crippen LogP contribution is 2.01. The molecule has 5 nitrogen and oxygen atoms in total. The molecule has 0 bridgehead atoms. The second-order valence-electron chi connectivity index (χ2n) is 2.67. The molecule has 0 heterocycles. The van der Waals surface area contributed by atoms with Gasteiger partial charge in [-0.3, -0.25) is 0 Å². The Balaban J connectivity index is 4.27. The fraction of sp³-hybridized carbons (Fsp3) is 1.00. The molecule has 80 valence electrons. The summed E-state index contributed by atoms with van der Waals surface area (Å²) < 4.78 is 44.5. The van der Waals surface area contributed by atoms with Crippen molar-refractivity contribution in [3.8, 4) is 0 Å². The highest BCUT2D eigenvalue weighted by molar-refractivity contribution is 9.10. The second-order valence-corrected chi connectivity index (χ2v) is 8.31. The standard InChI is InChI=1S/C5H12BrNO4S2/c1-7(13(10,11)5-6)3-4-12(2,8)9/h3-5H2,1-2H3. The molecule has 0 atom stereocenters. The molecule has 0 radical (unpaired) electrons. The van der Waals surface area contributed by atoms with Crippen molar-refractivity contribution in [2.75, 3.05) is 30.3 Å². The van der Waals surface area contributed by atoms with Gasteiger partial charge in [-0.05, 0) is 0 Å². The molecule has 0 aliphatic heterocycles. The van der Waals surface area contributed by atoms with E-state index >= 15 is 0 Å². The first-order valence-corrected chi connectivity index (χ1v) is 8.16. The van der Waals surface area contributed by atoms with Crippen LogP contribution in [0.5, 0.6) is 0 Å². The normalized spacial score (nSPS) is 13.5. The van der Waals surface area contributed by atoms with Gasteiger partial charge in [0.25, 0.3) is 0 Å². The van der Waals surface area contributed by atoms with E-state index in [1.807, 2.05) is 0 Å². The highest BCUT2D eigenvalue weighted by Gasteiger charge is 2.17. The van der Waals surface area contributed by atoms with E-state index in [9.17, 15) is 16.8 Å². The quantitative estimate of drug-likeness (QED) is 0.650. The molecule has 0 saturated heterocycles. The predicted molar refractivity (Wildman–Crippen MR) is 55.1 cm³/mol. The number of nitrogens with zero attached hydrogens (tertiary/aromatic N) is 1. The lowest BCUT2D eigenvalue weighted by atomic mass is 10.8. The van der Waals surface area contributed by atoms with E-state index in [1.165, 1.54) is 7.05 Å². The fourth-order valence-electron chi connectivity index (χ4n) is 0.517. The molecule has 0 rings (SSSR count). The van der Waals surface area contributed by atoms with Gasteiger partial charge in [0.15, 0.2) is 0 Å². The summed E-state index contributed by atoms with van der Waals surface area (Å²) in [6.07, 6.45) is 1.07. The van der Waals surface area contributed by atoms with E-state index in [0.29, 0.717) is 0 Å². The molecule has 0 unspecified atom stereocenters. The van der Waals surface area contributed by atoms with Crippen molar-refractivity contribution in [1.82, 2.24) is 4.31 Å². The minimum Gasteiger partial charge on any atom is -0.229 e. The molecule has 8 heteroatoms. The molecule has 0 aliphatic rings. The minimum absolute atomic E-state index is 0.00718. The van der Waals surface area contributed by atoms with Crippen molar-refractivity contribution >= 4 is 35.8 Å². The van der Waals surface area contributed by atoms with Crippen molar-refractivity contribution in [2.45, 2.75) is 0 Å². The minimum atomic E-state index is -3.34. The summed E-state index contributed by atoms with van der Waals surface area (Å²) in [7, 11) is -5.10. The van der Waals surface area contributed by atoms with E-state index < -0.39 is 19.9 Å². The number of halogens is 1. The van der Waals surface area contributed by atoms with Gasteiger partial charge in [-0.2, -0.15) is 0 Å². The molecule has 0 fully saturated rings. The number of hydrogen-bond acceptors (Lipinski definition) is 4. The van der Waals surface area contributed by atoms with Gasteiger partial charge in [0.2, 0.25) is 10.0 Å². The number of sulfone groups is 1. The Morgan fingerprint density at radius 3 is 2.00 bits per heavy atom. The SMILES string of the molecule is CN(CCS(C)(=O)=O)S(=O)(=O)CBr. The molecule has 0 aromatic heterocycles. The predicted octanol–water partition coefficient (Wildman–Crippen LogP) is -0.355. The van der Waals surface area contributed by atoms with Crippen LogP contribution in [0.4, 0.5) is 0 Å². The van der Waals surface area contributed by atoms with Crippen LogP contribution in [0.3, 0.4) is 0 Å². The average Bonchev–Trinajstić information content (AvgIpc) is 1.98. The Labute approximate surface area is 87.2 Å². The number of rotatable bonds is 5. The average molecular weight is 294 g/mol. The lowest BCUT2D eigenvalue weighted by Gasteiger charge is -2.14. The van der Waals surface area contributed by atoms with E-state index in [2.05, 4.69) is 15.9 Å². The van der Waals surface area contributed by atoms with Crippen LogP contribution in [-0.2, 0) is 19.9 Å². The largest absolute Gasteiger partial charge is 0.229 e. The zero-order chi connectivity index (χ0) is 10.7. The first-order valence-electron chi connectivity index (χ1n) is 3.37. The topological polar surface area (TPSA) is 71.5 Å². The van der Waals surface area contributed by atoms with Gasteiger partial charge in [0, 0.05) is 19.8 Å². The Morgan fingerprint density at radius 2 is 1.69 bits per heavy atom. The van der Waals surface area contributed by atoms with Gasteiger partial charge in [0.05, 0.1) is 5.75 Å². The van der Waals surface area contributed by atoms with E-state index in [4.69, 9.17) is 0 Å². The van der Waals surface area contributed by atoms with Crippen LogP contribution in [0.2, 0.25) is 0 Å². The summed E-state index contributed by atoms with van der Waals surface area (Å²) in [5, 5.41) is 0. The van der Waals surface area contributed by atoms with Gasteiger partial charge in [0.1, 0.15) is 14.5 Å². The Hall–Kier alpha value is 0.340. The lowest BCUT2D eigenvalue weighted by molar-refractivity contribution is 0.489. The first-order chi connectivity index (χ1) is 5.69. The van der Waals surface area contributed by atoms with Crippen LogP contribution < -0.4 is 0 Å². The van der Waals surface area contributed by atoms with Crippen LogP contribution >= 0.6 is 15.9 Å². The summed E-state index contributed by atoms with van der Waals surface area (Å²) in [6.45, 7) is -0.00718. The molecule has 0 N–H and O–H groups in total. The molecule has 13 heavy (non-hydrogen) atoms. The third-order valence-electron chi connectivity index (χ3n) is 1.39. The summed E-state index contributed by atoms with van der Waals surface area (Å²) in [4.78, 5) is 0. The van der Waals surface area contributed by atoms with E-state index in [-0.39, 0.29) is 17.0 Å². The molecule has 0 saturated carbocycles. The van der Waals surface area contributed by atoms with Crippen LogP contribution in [0.1, 0.15) is 0 Å². The second kappa shape index (κ2) is 4.72. The summed E-state index contributed by atoms with van der Waals surface area (Å²) >= 11 is 2.81. The Kier molecular flexibility index (Phi) is 4.84.